The van der Waals surface area contributed by atoms with Crippen LogP contribution in [0.4, 0.5) is 8.78 Å². The maximum Gasteiger partial charge on any atom is -0.0809 e. The van der Waals surface area contributed by atoms with Crippen LogP contribution < -0.4 is 10.4 Å². The van der Waals surface area contributed by atoms with E-state index < -0.39 is 5.43 Å². The zero-order valence-corrected chi connectivity index (χ0v) is 29.6. The first-order valence-electron chi connectivity index (χ1n) is 15.2. The van der Waals surface area contributed by atoms with E-state index in [-0.39, 0.29) is 23.1 Å². The third-order valence-corrected chi connectivity index (χ3v) is 13.0. The van der Waals surface area contributed by atoms with Gasteiger partial charge in [0.15, 0.2) is 0 Å². The van der Waals surface area contributed by atoms with Crippen molar-refractivity contribution in [3.8, 4) is 11.5 Å². The van der Waals surface area contributed by atoms with E-state index in [1.807, 2.05) is 0 Å². The Kier molecular flexibility index (Phi) is 14.7. The number of phenolic OH excluding ortho intramolecular Hbond substituents is 2. The number of phenols is 2. The van der Waals surface area contributed by atoms with Crippen molar-refractivity contribution in [2.24, 2.45) is 0 Å². The molecule has 8 rings (SSSR count). The van der Waals surface area contributed by atoms with Crippen molar-refractivity contribution in [2.75, 3.05) is 0 Å². The third-order valence-electron chi connectivity index (χ3n) is 6.87. The standard InChI is InChI=1S/C12H10Si.2C9H7.2C6H5FO.Zr/c1-3-7-11(8-4-1)13-12-9-5-2-6-10-12;2*1-2-5-9-7-3-6-8(9)4-1;2*7-5-1-3-6(8)4-2-5;/h1-10H;2*1-7H;2*1-4,8H;/q;2*-1;;;+2. The van der Waals surface area contributed by atoms with Crippen LogP contribution in [0.25, 0.3) is 21.5 Å². The normalized spacial score (nSPS) is 9.75. The molecule has 0 fully saturated rings. The number of aromatic hydroxyl groups is 2. The Labute approximate surface area is 295 Å². The fourth-order valence-corrected chi connectivity index (χ4v) is 8.24. The quantitative estimate of drug-likeness (QED) is 0.138. The summed E-state index contributed by atoms with van der Waals surface area (Å²) in [4.78, 5) is 0. The average Bonchev–Trinajstić information content (AvgIpc) is 3.83. The number of hydrogen-bond donors (Lipinski definition) is 2. The van der Waals surface area contributed by atoms with Gasteiger partial charge in [-0.15, -0.1) is 59.3 Å². The third kappa shape index (κ3) is 12.4. The smallest absolute Gasteiger partial charge is 0.0809 e. The second-order valence-corrected chi connectivity index (χ2v) is 16.0. The fraction of sp³-hybridized carbons (Fsp3) is 0. The molecule has 0 atom stereocenters. The van der Waals surface area contributed by atoms with Crippen molar-refractivity contribution in [1.29, 1.82) is 0 Å². The molecule has 0 heterocycles. The molecule has 48 heavy (non-hydrogen) atoms. The van der Waals surface area contributed by atoms with E-state index in [1.54, 1.807) is 23.3 Å². The van der Waals surface area contributed by atoms with Crippen molar-refractivity contribution >= 4 is 37.4 Å². The van der Waals surface area contributed by atoms with Gasteiger partial charge in [-0.25, -0.2) is 8.78 Å². The van der Waals surface area contributed by atoms with Gasteiger partial charge in [-0.2, -0.15) is 35.0 Å². The summed E-state index contributed by atoms with van der Waals surface area (Å²) in [7, 11) is 0. The summed E-state index contributed by atoms with van der Waals surface area (Å²) in [6.45, 7) is 0. The SMILES string of the molecule is Oc1ccc(F)cc1.Oc1ccc(F)cc1.[Zr+2]=[Si](c1ccccc1)c1ccccc1.c1ccc2[cH-]ccc2c1.c1ccc2[cH-]ccc2c1. The van der Waals surface area contributed by atoms with Crippen molar-refractivity contribution in [3.63, 3.8) is 0 Å². The molecule has 236 valence electrons. The van der Waals surface area contributed by atoms with Crippen LogP contribution in [0.1, 0.15) is 0 Å². The Bertz CT molecular complexity index is 1820. The molecule has 8 aromatic rings. The molecule has 2 N–H and O–H groups in total. The Morgan fingerprint density at radius 2 is 0.750 bits per heavy atom. The van der Waals surface area contributed by atoms with Crippen molar-refractivity contribution in [2.45, 2.75) is 0 Å². The molecule has 0 aromatic heterocycles. The molecule has 0 saturated carbocycles. The predicted molar refractivity (Wildman–Crippen MR) is 193 cm³/mol. The minimum Gasteiger partial charge on any atom is -0.168 e. The monoisotopic (exact) mass is 726 g/mol. The van der Waals surface area contributed by atoms with Gasteiger partial charge < -0.3 is 10.2 Å². The number of benzene rings is 6. The molecule has 0 bridgehead atoms. The van der Waals surface area contributed by atoms with Crippen LogP contribution in [0.15, 0.2) is 194 Å². The molecular weight excluding hydrogens is 694 g/mol. The van der Waals surface area contributed by atoms with Crippen molar-refractivity contribution in [1.82, 2.24) is 0 Å². The molecule has 0 aliphatic carbocycles. The summed E-state index contributed by atoms with van der Waals surface area (Å²) < 4.78 is 24.0. The molecule has 0 aliphatic rings. The zero-order valence-electron chi connectivity index (χ0n) is 26.1. The zero-order chi connectivity index (χ0) is 34.0. The van der Waals surface area contributed by atoms with Gasteiger partial charge in [0.05, 0.1) is 0 Å². The van der Waals surface area contributed by atoms with Crippen LogP contribution in [-0.4, -0.2) is 15.6 Å². The summed E-state index contributed by atoms with van der Waals surface area (Å²) in [5, 5.41) is 25.5. The summed E-state index contributed by atoms with van der Waals surface area (Å²) in [6.07, 6.45) is 0. The first-order valence-corrected chi connectivity index (χ1v) is 20.4. The Balaban J connectivity index is 0.000000138. The van der Waals surface area contributed by atoms with Crippen LogP contribution in [0.5, 0.6) is 11.5 Å². The van der Waals surface area contributed by atoms with Crippen LogP contribution in [0.2, 0.25) is 0 Å². The molecule has 8 aromatic carbocycles. The van der Waals surface area contributed by atoms with Crippen LogP contribution in [0, 0.1) is 11.6 Å². The van der Waals surface area contributed by atoms with Gasteiger partial charge >= 0.3 is 99.8 Å². The molecule has 0 aliphatic heterocycles. The second kappa shape index (κ2) is 19.7. The van der Waals surface area contributed by atoms with E-state index in [2.05, 4.69) is 146 Å². The van der Waals surface area contributed by atoms with Crippen LogP contribution in [-0.2, 0) is 23.3 Å². The van der Waals surface area contributed by atoms with Gasteiger partial charge in [0, 0.05) is 0 Å². The van der Waals surface area contributed by atoms with E-state index in [9.17, 15) is 8.78 Å². The molecule has 0 unspecified atom stereocenters. The second-order valence-electron chi connectivity index (χ2n) is 10.4. The summed E-state index contributed by atoms with van der Waals surface area (Å²) in [5.74, 6) is -0.483. The minimum atomic E-state index is -0.455. The van der Waals surface area contributed by atoms with E-state index in [4.69, 9.17) is 10.2 Å². The van der Waals surface area contributed by atoms with Gasteiger partial charge in [-0.05, 0) is 48.5 Å². The van der Waals surface area contributed by atoms with E-state index in [0.29, 0.717) is 0 Å². The van der Waals surface area contributed by atoms with Gasteiger partial charge in [-0.3, -0.25) is 0 Å². The van der Waals surface area contributed by atoms with Crippen molar-refractivity contribution < 1.29 is 42.3 Å². The average molecular weight is 728 g/mol. The first kappa shape index (κ1) is 35.9. The van der Waals surface area contributed by atoms with Crippen molar-refractivity contribution in [3.05, 3.63) is 206 Å². The van der Waals surface area contributed by atoms with E-state index in [1.165, 1.54) is 80.4 Å². The summed E-state index contributed by atoms with van der Waals surface area (Å²) >= 11 is 1.64. The molecule has 0 amide bonds. The molecule has 2 nitrogen and oxygen atoms in total. The molecule has 0 radical (unpaired) electrons. The number of rotatable bonds is 2. The number of hydrogen-bond acceptors (Lipinski definition) is 2. The molecule has 0 saturated heterocycles. The number of halogens is 2. The Morgan fingerprint density at radius 3 is 1.08 bits per heavy atom. The largest absolute Gasteiger partial charge is 0.168 e. The van der Waals surface area contributed by atoms with Gasteiger partial charge in [-0.1, -0.05) is 12.1 Å². The number of fused-ring (bicyclic) bond motifs is 2. The van der Waals surface area contributed by atoms with E-state index in [0.717, 1.165) is 0 Å². The van der Waals surface area contributed by atoms with Gasteiger partial charge in [0.2, 0.25) is 0 Å². The molecule has 6 heteroatoms. The van der Waals surface area contributed by atoms with E-state index >= 15 is 0 Å². The summed E-state index contributed by atoms with van der Waals surface area (Å²) in [5.41, 5.74) is -0.455. The maximum absolute atomic E-state index is 12.0. The topological polar surface area (TPSA) is 40.5 Å². The summed E-state index contributed by atoms with van der Waals surface area (Å²) in [6, 6.07) is 61.0. The van der Waals surface area contributed by atoms with Gasteiger partial charge in [0.25, 0.3) is 0 Å². The van der Waals surface area contributed by atoms with Gasteiger partial charge in [0.1, 0.15) is 23.1 Å². The molecular formula is C42H34F2O2SiZr. The fourth-order valence-electron chi connectivity index (χ4n) is 4.40. The maximum atomic E-state index is 12.0. The first-order chi connectivity index (χ1) is 23.4. The predicted octanol–water partition coefficient (Wildman–Crippen LogP) is 9.52. The minimum absolute atomic E-state index is 0.0893. The van der Waals surface area contributed by atoms with Crippen LogP contribution >= 0.6 is 0 Å². The molecule has 0 spiro atoms. The Hall–Kier alpha value is -4.90. The van der Waals surface area contributed by atoms with Crippen LogP contribution in [0.3, 0.4) is 0 Å². The Morgan fingerprint density at radius 1 is 0.417 bits per heavy atom.